The highest BCUT2D eigenvalue weighted by Crippen LogP contribution is 2.24. The molecule has 0 aliphatic rings. The van der Waals surface area contributed by atoms with Crippen molar-refractivity contribution in [3.8, 4) is 16.8 Å². The number of pyridine rings is 1. The second-order valence-corrected chi connectivity index (χ2v) is 7.11. The van der Waals surface area contributed by atoms with Crippen molar-refractivity contribution >= 4 is 23.2 Å². The van der Waals surface area contributed by atoms with Crippen molar-refractivity contribution < 1.29 is 18.8 Å². The number of aromatic nitrogens is 4. The van der Waals surface area contributed by atoms with E-state index in [1.165, 1.54) is 24.9 Å². The zero-order valence-corrected chi connectivity index (χ0v) is 17.9. The fraction of sp³-hybridized carbons (Fsp3) is 0.227. The summed E-state index contributed by atoms with van der Waals surface area (Å²) in [6, 6.07) is 8.18. The maximum absolute atomic E-state index is 13.3. The summed E-state index contributed by atoms with van der Waals surface area (Å²) >= 11 is 0. The molecule has 164 valence electrons. The lowest BCUT2D eigenvalue weighted by molar-refractivity contribution is 0.0595. The van der Waals surface area contributed by atoms with Crippen LogP contribution in [0, 0.1) is 6.92 Å². The number of aldehydes is 1. The Balaban J connectivity index is 1.96. The van der Waals surface area contributed by atoms with Crippen LogP contribution in [-0.2, 0) is 18.3 Å². The Morgan fingerprint density at radius 2 is 1.88 bits per heavy atom. The lowest BCUT2D eigenvalue weighted by Gasteiger charge is -2.12. The smallest absolute Gasteiger partial charge is 0.358 e. The minimum atomic E-state index is -0.750. The van der Waals surface area contributed by atoms with Crippen molar-refractivity contribution in [2.24, 2.45) is 7.05 Å². The van der Waals surface area contributed by atoms with Crippen LogP contribution in [0.3, 0.4) is 0 Å². The molecule has 0 bridgehead atoms. The molecule has 0 radical (unpaired) electrons. The molecule has 4 aromatic rings. The number of ether oxygens (including phenoxy) is 1. The summed E-state index contributed by atoms with van der Waals surface area (Å²) < 4.78 is 14.3. The van der Waals surface area contributed by atoms with Gasteiger partial charge in [-0.15, -0.1) is 0 Å². The highest BCUT2D eigenvalue weighted by Gasteiger charge is 2.23. The van der Waals surface area contributed by atoms with Gasteiger partial charge >= 0.3 is 5.97 Å². The average molecular weight is 436 g/mol. The number of aryl methyl sites for hydroxylation is 3. The molecule has 10 nitrogen and oxygen atoms in total. The first-order chi connectivity index (χ1) is 15.3. The molecule has 0 saturated heterocycles. The maximum atomic E-state index is 13.3. The summed E-state index contributed by atoms with van der Waals surface area (Å²) in [4.78, 5) is 53.3. The summed E-state index contributed by atoms with van der Waals surface area (Å²) in [6.07, 6.45) is 0.474. The number of carbonyl (C=O) groups excluding carboxylic acids is 2. The van der Waals surface area contributed by atoms with E-state index < -0.39 is 11.5 Å². The van der Waals surface area contributed by atoms with Crippen molar-refractivity contribution in [3.63, 3.8) is 0 Å². The van der Waals surface area contributed by atoms with Gasteiger partial charge in [0.15, 0.2) is 12.0 Å². The SMILES string of the molecule is CCn1c2c(C(=O)OC)nc(C=O)cc2c(=O)n1-c1ccc(-c2c(C)on(C)c2=O)cc1. The molecule has 0 atom stereocenters. The topological polar surface area (TPSA) is 118 Å². The number of hydrogen-bond acceptors (Lipinski definition) is 7. The van der Waals surface area contributed by atoms with Gasteiger partial charge in [-0.25, -0.2) is 14.5 Å². The Bertz CT molecular complexity index is 1480. The van der Waals surface area contributed by atoms with Gasteiger partial charge in [-0.1, -0.05) is 12.1 Å². The first-order valence-electron chi connectivity index (χ1n) is 9.80. The summed E-state index contributed by atoms with van der Waals surface area (Å²) in [5.74, 6) is -0.264. The molecule has 32 heavy (non-hydrogen) atoms. The van der Waals surface area contributed by atoms with Crippen LogP contribution >= 0.6 is 0 Å². The Hall–Kier alpha value is -4.21. The second-order valence-electron chi connectivity index (χ2n) is 7.11. The molecular weight excluding hydrogens is 416 g/mol. The van der Waals surface area contributed by atoms with Crippen molar-refractivity contribution in [1.29, 1.82) is 0 Å². The quantitative estimate of drug-likeness (QED) is 0.347. The molecule has 0 amide bonds. The van der Waals surface area contributed by atoms with E-state index in [2.05, 4.69) is 4.98 Å². The van der Waals surface area contributed by atoms with E-state index in [0.29, 0.717) is 35.4 Å². The molecule has 3 aromatic heterocycles. The van der Waals surface area contributed by atoms with Gasteiger partial charge in [0.25, 0.3) is 11.1 Å². The van der Waals surface area contributed by atoms with E-state index in [1.54, 1.807) is 35.9 Å². The Labute approximate surface area is 181 Å². The first-order valence-corrected chi connectivity index (χ1v) is 9.80. The predicted octanol–water partition coefficient (Wildman–Crippen LogP) is 2.07. The molecule has 3 heterocycles. The summed E-state index contributed by atoms with van der Waals surface area (Å²) in [6.45, 7) is 3.86. The number of fused-ring (bicyclic) bond motifs is 1. The molecule has 0 saturated carbocycles. The van der Waals surface area contributed by atoms with Crippen LogP contribution in [-0.4, -0.2) is 38.5 Å². The van der Waals surface area contributed by atoms with Crippen LogP contribution in [0.15, 0.2) is 44.4 Å². The third-order valence-electron chi connectivity index (χ3n) is 5.26. The van der Waals surface area contributed by atoms with Crippen LogP contribution in [0.5, 0.6) is 0 Å². The number of methoxy groups -OCH3 is 1. The van der Waals surface area contributed by atoms with E-state index in [1.807, 2.05) is 6.92 Å². The molecule has 0 aliphatic carbocycles. The third-order valence-corrected chi connectivity index (χ3v) is 5.26. The number of carbonyl (C=O) groups is 2. The van der Waals surface area contributed by atoms with Gasteiger partial charge in [0.05, 0.1) is 23.7 Å². The zero-order valence-electron chi connectivity index (χ0n) is 17.9. The minimum Gasteiger partial charge on any atom is -0.464 e. The number of nitrogens with zero attached hydrogens (tertiary/aromatic N) is 4. The lowest BCUT2D eigenvalue weighted by Crippen LogP contribution is -2.21. The molecule has 0 fully saturated rings. The van der Waals surface area contributed by atoms with Crippen LogP contribution in [0.25, 0.3) is 27.7 Å². The molecule has 0 unspecified atom stereocenters. The van der Waals surface area contributed by atoms with Crippen LogP contribution in [0.1, 0.15) is 33.7 Å². The average Bonchev–Trinajstić information content (AvgIpc) is 3.23. The van der Waals surface area contributed by atoms with Crippen LogP contribution in [0.4, 0.5) is 0 Å². The van der Waals surface area contributed by atoms with Gasteiger partial charge in [0, 0.05) is 13.6 Å². The van der Waals surface area contributed by atoms with Crippen molar-refractivity contribution in [2.45, 2.75) is 20.4 Å². The minimum absolute atomic E-state index is 0.0444. The summed E-state index contributed by atoms with van der Waals surface area (Å²) in [5.41, 5.74) is 1.04. The molecular formula is C22H20N4O6. The number of esters is 1. The first kappa shape index (κ1) is 21.0. The monoisotopic (exact) mass is 436 g/mol. The van der Waals surface area contributed by atoms with Gasteiger partial charge in [-0.2, -0.15) is 4.74 Å². The molecule has 0 aliphatic heterocycles. The van der Waals surface area contributed by atoms with Crippen molar-refractivity contribution in [1.82, 2.24) is 19.1 Å². The van der Waals surface area contributed by atoms with Crippen molar-refractivity contribution in [3.05, 3.63) is 68.2 Å². The summed E-state index contributed by atoms with van der Waals surface area (Å²) in [7, 11) is 2.74. The van der Waals surface area contributed by atoms with Gasteiger partial charge in [0.2, 0.25) is 0 Å². The van der Waals surface area contributed by atoms with Crippen LogP contribution < -0.4 is 11.1 Å². The number of benzene rings is 1. The predicted molar refractivity (Wildman–Crippen MR) is 115 cm³/mol. The fourth-order valence-corrected chi connectivity index (χ4v) is 3.86. The Morgan fingerprint density at radius 3 is 2.41 bits per heavy atom. The number of hydrogen-bond donors (Lipinski definition) is 0. The van der Waals surface area contributed by atoms with Crippen LogP contribution in [0.2, 0.25) is 0 Å². The Kier molecular flexibility index (Phi) is 5.13. The second kappa shape index (κ2) is 7.80. The van der Waals surface area contributed by atoms with Gasteiger partial charge in [-0.3, -0.25) is 19.1 Å². The van der Waals surface area contributed by atoms with E-state index in [9.17, 15) is 19.2 Å². The van der Waals surface area contributed by atoms with Gasteiger partial charge < -0.3 is 9.26 Å². The van der Waals surface area contributed by atoms with E-state index in [4.69, 9.17) is 9.26 Å². The highest BCUT2D eigenvalue weighted by atomic mass is 16.5. The fourth-order valence-electron chi connectivity index (χ4n) is 3.86. The molecule has 0 spiro atoms. The van der Waals surface area contributed by atoms with E-state index in [-0.39, 0.29) is 27.9 Å². The van der Waals surface area contributed by atoms with E-state index in [0.717, 1.165) is 4.74 Å². The Morgan fingerprint density at radius 1 is 1.19 bits per heavy atom. The van der Waals surface area contributed by atoms with Crippen molar-refractivity contribution in [2.75, 3.05) is 7.11 Å². The largest absolute Gasteiger partial charge is 0.464 e. The maximum Gasteiger partial charge on any atom is 0.358 e. The lowest BCUT2D eigenvalue weighted by atomic mass is 10.1. The molecule has 0 N–H and O–H groups in total. The standard InChI is InChI=1S/C22H20N4O6/c1-5-25-19-16(10-14(11-27)23-18(19)22(30)31-4)20(28)26(25)15-8-6-13(7-9-15)17-12(2)32-24(3)21(17)29/h6-11H,5H2,1-4H3. The zero-order chi connectivity index (χ0) is 23.2. The number of rotatable bonds is 5. The van der Waals surface area contributed by atoms with E-state index >= 15 is 0 Å². The third kappa shape index (κ3) is 3.08. The highest BCUT2D eigenvalue weighted by molar-refractivity contribution is 6.02. The summed E-state index contributed by atoms with van der Waals surface area (Å²) in [5, 5.41) is 0.174. The molecule has 1 aromatic carbocycles. The molecule has 10 heteroatoms. The normalized spacial score (nSPS) is 11.1. The molecule has 4 rings (SSSR count). The van der Waals surface area contributed by atoms with Gasteiger partial charge in [-0.05, 0) is 37.6 Å². The van der Waals surface area contributed by atoms with Gasteiger partial charge in [0.1, 0.15) is 17.0 Å².